The molecular weight excluding hydrogens is 436 g/mol. The van der Waals surface area contributed by atoms with Crippen LogP contribution in [0.15, 0.2) is 60.7 Å². The first kappa shape index (κ1) is 23.0. The molecule has 5 rings (SSSR count). The van der Waals surface area contributed by atoms with E-state index in [1.165, 1.54) is 5.56 Å². The summed E-state index contributed by atoms with van der Waals surface area (Å²) in [5, 5.41) is 18.1. The SMILES string of the molecule is Cc1nnc(N2CCC(C(=O)NCCCc3ccccc3)CC2)c2nn(-c3ccccc3)c(C)c12. The highest BCUT2D eigenvalue weighted by Crippen LogP contribution is 2.31. The minimum Gasteiger partial charge on any atom is -0.356 e. The summed E-state index contributed by atoms with van der Waals surface area (Å²) in [6.45, 7) is 6.32. The zero-order valence-corrected chi connectivity index (χ0v) is 20.4. The van der Waals surface area contributed by atoms with Gasteiger partial charge in [0, 0.05) is 25.6 Å². The van der Waals surface area contributed by atoms with Crippen molar-refractivity contribution < 1.29 is 4.79 Å². The molecule has 0 spiro atoms. The van der Waals surface area contributed by atoms with Gasteiger partial charge in [-0.2, -0.15) is 10.2 Å². The number of amides is 1. The van der Waals surface area contributed by atoms with Crippen molar-refractivity contribution in [3.63, 3.8) is 0 Å². The number of carbonyl (C=O) groups is 1. The third-order valence-corrected chi connectivity index (χ3v) is 6.93. The molecule has 1 aliphatic heterocycles. The molecule has 0 atom stereocenters. The summed E-state index contributed by atoms with van der Waals surface area (Å²) in [5.41, 5.74) is 5.15. The molecule has 0 unspecified atom stereocenters. The van der Waals surface area contributed by atoms with Crippen LogP contribution in [0.4, 0.5) is 5.82 Å². The van der Waals surface area contributed by atoms with E-state index in [4.69, 9.17) is 5.10 Å². The summed E-state index contributed by atoms with van der Waals surface area (Å²) in [5.74, 6) is 1.02. The monoisotopic (exact) mass is 468 g/mol. The molecule has 2 aromatic carbocycles. The van der Waals surface area contributed by atoms with E-state index in [1.807, 2.05) is 35.9 Å². The highest BCUT2D eigenvalue weighted by atomic mass is 16.1. The molecule has 0 aliphatic carbocycles. The second kappa shape index (κ2) is 10.3. The molecule has 7 nitrogen and oxygen atoms in total. The highest BCUT2D eigenvalue weighted by molar-refractivity contribution is 5.92. The maximum atomic E-state index is 12.7. The molecule has 7 heteroatoms. The fraction of sp³-hybridized carbons (Fsp3) is 0.357. The molecule has 1 N–H and O–H groups in total. The van der Waals surface area contributed by atoms with Crippen LogP contribution in [0, 0.1) is 19.8 Å². The molecule has 1 saturated heterocycles. The first-order valence-corrected chi connectivity index (χ1v) is 12.5. The Hall–Kier alpha value is -3.74. The zero-order valence-electron chi connectivity index (χ0n) is 20.4. The van der Waals surface area contributed by atoms with Gasteiger partial charge in [-0.25, -0.2) is 4.68 Å². The van der Waals surface area contributed by atoms with Gasteiger partial charge in [0.15, 0.2) is 5.82 Å². The third kappa shape index (κ3) is 4.90. The summed E-state index contributed by atoms with van der Waals surface area (Å²) in [6, 6.07) is 20.6. The first-order chi connectivity index (χ1) is 17.1. The number of hydrogen-bond donors (Lipinski definition) is 1. The summed E-state index contributed by atoms with van der Waals surface area (Å²) < 4.78 is 1.97. The van der Waals surface area contributed by atoms with Crippen molar-refractivity contribution in [1.29, 1.82) is 0 Å². The van der Waals surface area contributed by atoms with Crippen LogP contribution < -0.4 is 10.2 Å². The molecule has 1 aliphatic rings. The lowest BCUT2D eigenvalue weighted by Crippen LogP contribution is -2.41. The molecule has 0 bridgehead atoms. The average Bonchev–Trinajstić information content (AvgIpc) is 3.26. The van der Waals surface area contributed by atoms with Crippen LogP contribution >= 0.6 is 0 Å². The Morgan fingerprint density at radius 2 is 1.66 bits per heavy atom. The number of nitrogens with zero attached hydrogens (tertiary/aromatic N) is 5. The molecule has 0 radical (unpaired) electrons. The Labute approximate surface area is 206 Å². The molecule has 2 aromatic heterocycles. The Morgan fingerprint density at radius 1 is 0.971 bits per heavy atom. The minimum absolute atomic E-state index is 0.0421. The van der Waals surface area contributed by atoms with E-state index in [0.717, 1.165) is 72.6 Å². The van der Waals surface area contributed by atoms with Gasteiger partial charge in [-0.3, -0.25) is 4.79 Å². The number of piperidine rings is 1. The number of nitrogens with one attached hydrogen (secondary N) is 1. The number of hydrogen-bond acceptors (Lipinski definition) is 5. The van der Waals surface area contributed by atoms with Gasteiger partial charge in [0.25, 0.3) is 0 Å². The number of para-hydroxylation sites is 1. The number of fused-ring (bicyclic) bond motifs is 1. The van der Waals surface area contributed by atoms with Gasteiger partial charge in [0.05, 0.1) is 22.5 Å². The van der Waals surface area contributed by atoms with Gasteiger partial charge in [0.2, 0.25) is 5.91 Å². The molecule has 4 aromatic rings. The Bertz CT molecular complexity index is 1290. The number of aryl methyl sites for hydroxylation is 3. The lowest BCUT2D eigenvalue weighted by molar-refractivity contribution is -0.125. The largest absolute Gasteiger partial charge is 0.356 e. The number of aromatic nitrogens is 4. The molecule has 0 saturated carbocycles. The fourth-order valence-corrected chi connectivity index (χ4v) is 4.99. The Morgan fingerprint density at radius 3 is 2.37 bits per heavy atom. The van der Waals surface area contributed by atoms with Gasteiger partial charge >= 0.3 is 0 Å². The molecule has 180 valence electrons. The van der Waals surface area contributed by atoms with Crippen molar-refractivity contribution in [2.45, 2.75) is 39.5 Å². The number of anilines is 1. The summed E-state index contributed by atoms with van der Waals surface area (Å²) in [6.07, 6.45) is 3.55. The Kier molecular flexibility index (Phi) is 6.75. The van der Waals surface area contributed by atoms with Crippen LogP contribution in [0.5, 0.6) is 0 Å². The van der Waals surface area contributed by atoms with E-state index in [0.29, 0.717) is 6.54 Å². The number of benzene rings is 2. The normalized spacial score (nSPS) is 14.4. The van der Waals surface area contributed by atoms with E-state index >= 15 is 0 Å². The molecule has 1 amide bonds. The second-order valence-electron chi connectivity index (χ2n) is 9.31. The first-order valence-electron chi connectivity index (χ1n) is 12.5. The predicted octanol–water partition coefficient (Wildman–Crippen LogP) is 4.40. The van der Waals surface area contributed by atoms with Gasteiger partial charge in [-0.1, -0.05) is 48.5 Å². The van der Waals surface area contributed by atoms with E-state index < -0.39 is 0 Å². The van der Waals surface area contributed by atoms with Crippen molar-refractivity contribution in [2.24, 2.45) is 5.92 Å². The van der Waals surface area contributed by atoms with Gasteiger partial charge < -0.3 is 10.2 Å². The third-order valence-electron chi connectivity index (χ3n) is 6.93. The molecule has 35 heavy (non-hydrogen) atoms. The quantitative estimate of drug-likeness (QED) is 0.407. The van der Waals surface area contributed by atoms with Crippen LogP contribution in [0.25, 0.3) is 16.6 Å². The molecular formula is C28H32N6O. The summed E-state index contributed by atoms with van der Waals surface area (Å²) in [4.78, 5) is 15.0. The topological polar surface area (TPSA) is 75.9 Å². The fourth-order valence-electron chi connectivity index (χ4n) is 4.99. The summed E-state index contributed by atoms with van der Waals surface area (Å²) in [7, 11) is 0. The van der Waals surface area contributed by atoms with Gasteiger partial charge in [-0.05, 0) is 57.2 Å². The lowest BCUT2D eigenvalue weighted by Gasteiger charge is -2.32. The summed E-state index contributed by atoms with van der Waals surface area (Å²) >= 11 is 0. The zero-order chi connectivity index (χ0) is 24.2. The maximum absolute atomic E-state index is 12.7. The van der Waals surface area contributed by atoms with Crippen LogP contribution in [0.2, 0.25) is 0 Å². The molecule has 3 heterocycles. The second-order valence-corrected chi connectivity index (χ2v) is 9.31. The van der Waals surface area contributed by atoms with Crippen LogP contribution in [0.1, 0.15) is 36.2 Å². The average molecular weight is 469 g/mol. The standard InChI is InChI=1S/C28H32N6O/c1-20-25-21(2)34(24-13-7-4-8-14-24)32-26(25)27(31-30-20)33-18-15-23(16-19-33)28(35)29-17-9-12-22-10-5-3-6-11-22/h3-8,10-11,13-14,23H,9,12,15-19H2,1-2H3,(H,29,35). The van der Waals surface area contributed by atoms with E-state index in [-0.39, 0.29) is 11.8 Å². The van der Waals surface area contributed by atoms with Crippen molar-refractivity contribution in [2.75, 3.05) is 24.5 Å². The Balaban J connectivity index is 1.23. The van der Waals surface area contributed by atoms with E-state index in [2.05, 4.69) is 63.7 Å². The maximum Gasteiger partial charge on any atom is 0.223 e. The highest BCUT2D eigenvalue weighted by Gasteiger charge is 2.28. The smallest absolute Gasteiger partial charge is 0.223 e. The van der Waals surface area contributed by atoms with Crippen LogP contribution in [-0.2, 0) is 11.2 Å². The van der Waals surface area contributed by atoms with Crippen LogP contribution in [0.3, 0.4) is 0 Å². The van der Waals surface area contributed by atoms with Crippen molar-refractivity contribution in [3.05, 3.63) is 77.6 Å². The number of carbonyl (C=O) groups excluding carboxylic acids is 1. The van der Waals surface area contributed by atoms with E-state index in [9.17, 15) is 4.79 Å². The van der Waals surface area contributed by atoms with Gasteiger partial charge in [0.1, 0.15) is 5.52 Å². The van der Waals surface area contributed by atoms with E-state index in [1.54, 1.807) is 0 Å². The predicted molar refractivity (Wildman–Crippen MR) is 139 cm³/mol. The lowest BCUT2D eigenvalue weighted by atomic mass is 9.95. The van der Waals surface area contributed by atoms with Crippen molar-refractivity contribution in [1.82, 2.24) is 25.3 Å². The van der Waals surface area contributed by atoms with Crippen molar-refractivity contribution in [3.8, 4) is 5.69 Å². The molecule has 1 fully saturated rings. The van der Waals surface area contributed by atoms with Crippen LogP contribution in [-0.4, -0.2) is 45.5 Å². The number of rotatable bonds is 7. The van der Waals surface area contributed by atoms with Crippen molar-refractivity contribution >= 4 is 22.6 Å². The van der Waals surface area contributed by atoms with Gasteiger partial charge in [-0.15, -0.1) is 5.10 Å². The minimum atomic E-state index is 0.0421.